The van der Waals surface area contributed by atoms with Gasteiger partial charge in [-0.3, -0.25) is 9.48 Å². The lowest BCUT2D eigenvalue weighted by atomic mass is 10.1. The first kappa shape index (κ1) is 15.2. The summed E-state index contributed by atoms with van der Waals surface area (Å²) in [5.41, 5.74) is 0.959. The minimum atomic E-state index is -0.252. The molecule has 2 aromatic heterocycles. The zero-order valence-corrected chi connectivity index (χ0v) is 13.1. The SMILES string of the molecule is C[C@H](Cn1cccn1)NC(=O)c1cc(Cl)ccc1-n1cnnn1. The number of halogens is 1. The molecule has 9 heteroatoms. The van der Waals surface area contributed by atoms with Crippen LogP contribution in [0.1, 0.15) is 17.3 Å². The summed E-state index contributed by atoms with van der Waals surface area (Å²) in [6.45, 7) is 2.47. The highest BCUT2D eigenvalue weighted by atomic mass is 35.5. The third-order valence-electron chi connectivity index (χ3n) is 3.20. The Balaban J connectivity index is 1.80. The number of hydrogen-bond donors (Lipinski definition) is 1. The van der Waals surface area contributed by atoms with Gasteiger partial charge in [0, 0.05) is 23.5 Å². The first-order valence-corrected chi connectivity index (χ1v) is 7.32. The number of aromatic nitrogens is 6. The van der Waals surface area contributed by atoms with E-state index in [9.17, 15) is 4.79 Å². The minimum absolute atomic E-state index is 0.108. The van der Waals surface area contributed by atoms with Gasteiger partial charge in [0.25, 0.3) is 5.91 Å². The average Bonchev–Trinajstić information content (AvgIpc) is 3.20. The van der Waals surface area contributed by atoms with Crippen molar-refractivity contribution in [1.29, 1.82) is 0 Å². The Morgan fingerprint density at radius 3 is 3.00 bits per heavy atom. The highest BCUT2D eigenvalue weighted by molar-refractivity contribution is 6.31. The molecule has 1 amide bonds. The summed E-state index contributed by atoms with van der Waals surface area (Å²) in [5.74, 6) is -0.252. The molecule has 0 saturated heterocycles. The smallest absolute Gasteiger partial charge is 0.253 e. The first-order chi connectivity index (χ1) is 11.1. The van der Waals surface area contributed by atoms with Gasteiger partial charge < -0.3 is 5.32 Å². The maximum atomic E-state index is 12.6. The molecule has 0 saturated carbocycles. The molecular formula is C14H14ClN7O. The highest BCUT2D eigenvalue weighted by Crippen LogP contribution is 2.19. The van der Waals surface area contributed by atoms with Gasteiger partial charge in [0.15, 0.2) is 0 Å². The molecule has 0 radical (unpaired) electrons. The number of rotatable bonds is 5. The predicted molar refractivity (Wildman–Crippen MR) is 83.3 cm³/mol. The van der Waals surface area contributed by atoms with Crippen molar-refractivity contribution < 1.29 is 4.79 Å². The van der Waals surface area contributed by atoms with E-state index in [1.165, 1.54) is 11.0 Å². The zero-order chi connectivity index (χ0) is 16.2. The molecule has 0 aliphatic carbocycles. The minimum Gasteiger partial charge on any atom is -0.348 e. The molecule has 0 unspecified atom stereocenters. The number of carbonyl (C=O) groups excluding carboxylic acids is 1. The summed E-state index contributed by atoms with van der Waals surface area (Å²) < 4.78 is 3.18. The molecule has 3 rings (SSSR count). The maximum absolute atomic E-state index is 12.6. The monoisotopic (exact) mass is 331 g/mol. The number of hydrogen-bond acceptors (Lipinski definition) is 5. The molecule has 3 aromatic rings. The van der Waals surface area contributed by atoms with Crippen LogP contribution in [0.2, 0.25) is 5.02 Å². The molecule has 0 aliphatic rings. The van der Waals surface area contributed by atoms with Crippen molar-refractivity contribution in [2.24, 2.45) is 0 Å². The summed E-state index contributed by atoms with van der Waals surface area (Å²) in [6, 6.07) is 6.70. The van der Waals surface area contributed by atoms with Crippen molar-refractivity contribution in [2.45, 2.75) is 19.5 Å². The van der Waals surface area contributed by atoms with Gasteiger partial charge in [-0.2, -0.15) is 9.78 Å². The third kappa shape index (κ3) is 3.54. The Morgan fingerprint density at radius 1 is 1.43 bits per heavy atom. The first-order valence-electron chi connectivity index (χ1n) is 6.94. The van der Waals surface area contributed by atoms with Crippen LogP contribution in [0, 0.1) is 0 Å². The van der Waals surface area contributed by atoms with E-state index >= 15 is 0 Å². The number of amides is 1. The van der Waals surface area contributed by atoms with Crippen molar-refractivity contribution in [2.75, 3.05) is 0 Å². The van der Waals surface area contributed by atoms with Crippen LogP contribution in [0.3, 0.4) is 0 Å². The molecule has 8 nitrogen and oxygen atoms in total. The normalized spacial score (nSPS) is 12.1. The molecule has 1 aromatic carbocycles. The quantitative estimate of drug-likeness (QED) is 0.761. The summed E-state index contributed by atoms with van der Waals surface area (Å²) in [7, 11) is 0. The predicted octanol–water partition coefficient (Wildman–Crippen LogP) is 1.33. The van der Waals surface area contributed by atoms with Crippen molar-refractivity contribution in [1.82, 2.24) is 35.3 Å². The van der Waals surface area contributed by atoms with Gasteiger partial charge in [0.1, 0.15) is 6.33 Å². The van der Waals surface area contributed by atoms with Crippen LogP contribution in [-0.4, -0.2) is 41.9 Å². The van der Waals surface area contributed by atoms with Crippen LogP contribution in [-0.2, 0) is 6.54 Å². The fourth-order valence-corrected chi connectivity index (χ4v) is 2.37. The molecule has 0 bridgehead atoms. The Labute approximate surface area is 137 Å². The fourth-order valence-electron chi connectivity index (χ4n) is 2.20. The molecule has 1 N–H and O–H groups in total. The van der Waals surface area contributed by atoms with Crippen LogP contribution in [0.25, 0.3) is 5.69 Å². The second-order valence-corrected chi connectivity index (χ2v) is 5.45. The molecule has 2 heterocycles. The van der Waals surface area contributed by atoms with Gasteiger partial charge in [-0.25, -0.2) is 0 Å². The summed E-state index contributed by atoms with van der Waals surface area (Å²) in [5, 5.41) is 18.5. The van der Waals surface area contributed by atoms with E-state index < -0.39 is 0 Å². The maximum Gasteiger partial charge on any atom is 0.253 e. The number of nitrogens with one attached hydrogen (secondary N) is 1. The lowest BCUT2D eigenvalue weighted by Crippen LogP contribution is -2.36. The molecule has 23 heavy (non-hydrogen) atoms. The second-order valence-electron chi connectivity index (χ2n) is 5.02. The largest absolute Gasteiger partial charge is 0.348 e. The lowest BCUT2D eigenvalue weighted by Gasteiger charge is -2.15. The van der Waals surface area contributed by atoms with Crippen LogP contribution >= 0.6 is 11.6 Å². The van der Waals surface area contributed by atoms with E-state index in [4.69, 9.17) is 11.6 Å². The topological polar surface area (TPSA) is 90.5 Å². The Morgan fingerprint density at radius 2 is 2.30 bits per heavy atom. The number of nitrogens with zero attached hydrogens (tertiary/aromatic N) is 6. The van der Waals surface area contributed by atoms with Crippen LogP contribution in [0.4, 0.5) is 0 Å². The van der Waals surface area contributed by atoms with Gasteiger partial charge in [-0.1, -0.05) is 11.6 Å². The Bertz CT molecular complexity index is 786. The van der Waals surface area contributed by atoms with Crippen molar-refractivity contribution >= 4 is 17.5 Å². The second kappa shape index (κ2) is 6.57. The van der Waals surface area contributed by atoms with E-state index in [0.717, 1.165) is 0 Å². The average molecular weight is 332 g/mol. The summed E-state index contributed by atoms with van der Waals surface area (Å²) in [4.78, 5) is 12.6. The molecular weight excluding hydrogens is 318 g/mol. The molecule has 0 aliphatic heterocycles. The van der Waals surface area contributed by atoms with Gasteiger partial charge in [-0.15, -0.1) is 5.10 Å². The van der Waals surface area contributed by atoms with Crippen LogP contribution < -0.4 is 5.32 Å². The van der Waals surface area contributed by atoms with Crippen molar-refractivity contribution in [3.63, 3.8) is 0 Å². The standard InChI is InChI=1S/C14H14ClN7O/c1-10(8-21-6-2-5-17-21)18-14(23)12-7-11(15)3-4-13(12)22-9-16-19-20-22/h2-7,9-10H,8H2,1H3,(H,18,23)/t10-/m1/s1. The molecule has 0 spiro atoms. The van der Waals surface area contributed by atoms with E-state index in [1.54, 1.807) is 29.1 Å². The van der Waals surface area contributed by atoms with E-state index in [-0.39, 0.29) is 11.9 Å². The van der Waals surface area contributed by atoms with Gasteiger partial charge in [0.2, 0.25) is 0 Å². The van der Waals surface area contributed by atoms with E-state index in [2.05, 4.69) is 25.9 Å². The molecule has 0 fully saturated rings. The van der Waals surface area contributed by atoms with E-state index in [0.29, 0.717) is 22.8 Å². The Hall–Kier alpha value is -2.74. The zero-order valence-electron chi connectivity index (χ0n) is 12.3. The van der Waals surface area contributed by atoms with Crippen molar-refractivity contribution in [3.05, 3.63) is 53.6 Å². The fraction of sp³-hybridized carbons (Fsp3) is 0.214. The number of carbonyl (C=O) groups is 1. The van der Waals surface area contributed by atoms with Crippen molar-refractivity contribution in [3.8, 4) is 5.69 Å². The highest BCUT2D eigenvalue weighted by Gasteiger charge is 2.16. The summed E-state index contributed by atoms with van der Waals surface area (Å²) >= 11 is 6.02. The van der Waals surface area contributed by atoms with Crippen LogP contribution in [0.5, 0.6) is 0 Å². The summed E-state index contributed by atoms with van der Waals surface area (Å²) in [6.07, 6.45) is 4.96. The molecule has 118 valence electrons. The lowest BCUT2D eigenvalue weighted by molar-refractivity contribution is 0.0936. The van der Waals surface area contributed by atoms with Crippen LogP contribution in [0.15, 0.2) is 43.0 Å². The number of benzene rings is 1. The Kier molecular flexibility index (Phi) is 4.33. The van der Waals surface area contributed by atoms with Gasteiger partial charge >= 0.3 is 0 Å². The van der Waals surface area contributed by atoms with Gasteiger partial charge in [0.05, 0.1) is 17.8 Å². The number of tetrazole rings is 1. The van der Waals surface area contributed by atoms with Gasteiger partial charge in [-0.05, 0) is 41.6 Å². The van der Waals surface area contributed by atoms with E-state index in [1.807, 2.05) is 19.2 Å². The molecule has 1 atom stereocenters. The third-order valence-corrected chi connectivity index (χ3v) is 3.43.